The second-order valence-electron chi connectivity index (χ2n) is 8.55. The molecular weight excluding hydrogens is 652 g/mol. The van der Waals surface area contributed by atoms with Crippen LogP contribution < -0.4 is 22.9 Å². The zero-order chi connectivity index (χ0) is 28.0. The van der Waals surface area contributed by atoms with Gasteiger partial charge >= 0.3 is 0 Å². The minimum Gasteiger partial charge on any atom is -0.396 e. The van der Waals surface area contributed by atoms with E-state index in [-0.39, 0.29) is 62.9 Å². The number of rotatable bonds is 5. The smallest absolute Gasteiger partial charge is 0.0693 e. The molecule has 0 radical (unpaired) electrons. The quantitative estimate of drug-likeness (QED) is 0.159. The average molecular weight is 670 g/mol. The first-order valence-corrected chi connectivity index (χ1v) is 13.8. The molecule has 8 N–H and O–H groups in total. The van der Waals surface area contributed by atoms with Crippen LogP contribution in [0.4, 0.5) is 22.7 Å². The fourth-order valence-corrected chi connectivity index (χ4v) is 6.30. The highest BCUT2D eigenvalue weighted by molar-refractivity contribution is 6.40. The highest BCUT2D eigenvalue weighted by atomic mass is 35.5. The molecule has 38 heavy (non-hydrogen) atoms. The van der Waals surface area contributed by atoms with Crippen molar-refractivity contribution in [2.24, 2.45) is 0 Å². The third-order valence-corrected chi connectivity index (χ3v) is 8.68. The fraction of sp³-hybridized carbons (Fsp3) is 0.0769. The Balaban J connectivity index is 2.14. The molecule has 0 aliphatic heterocycles. The van der Waals surface area contributed by atoms with Gasteiger partial charge in [-0.1, -0.05) is 92.8 Å². The summed E-state index contributed by atoms with van der Waals surface area (Å²) in [6.07, 6.45) is 0. The van der Waals surface area contributed by atoms with Crippen molar-refractivity contribution in [3.63, 3.8) is 0 Å². The van der Waals surface area contributed by atoms with Gasteiger partial charge in [-0.2, -0.15) is 0 Å². The predicted octanol–water partition coefficient (Wildman–Crippen LogP) is 10.2. The molecule has 0 aliphatic rings. The number of hydrogen-bond acceptors (Lipinski definition) is 4. The van der Waals surface area contributed by atoms with E-state index in [4.69, 9.17) is 116 Å². The Morgan fingerprint density at radius 3 is 0.579 bits per heavy atom. The lowest BCUT2D eigenvalue weighted by molar-refractivity contribution is 0.694. The normalized spacial score (nSPS) is 11.5. The Labute approximate surface area is 259 Å². The van der Waals surface area contributed by atoms with Gasteiger partial charge in [-0.25, -0.2) is 0 Å². The van der Waals surface area contributed by atoms with Gasteiger partial charge in [0.1, 0.15) is 0 Å². The second-order valence-corrected chi connectivity index (χ2v) is 11.8. The number of anilines is 4. The Morgan fingerprint density at radius 1 is 0.316 bits per heavy atom. The van der Waals surface area contributed by atoms with Crippen molar-refractivity contribution in [2.45, 2.75) is 11.8 Å². The maximum Gasteiger partial charge on any atom is 0.0693 e. The van der Waals surface area contributed by atoms with Crippen molar-refractivity contribution in [1.82, 2.24) is 0 Å². The van der Waals surface area contributed by atoms with Crippen LogP contribution in [-0.4, -0.2) is 0 Å². The predicted molar refractivity (Wildman–Crippen MR) is 167 cm³/mol. The first-order chi connectivity index (χ1) is 17.8. The summed E-state index contributed by atoms with van der Waals surface area (Å²) in [5, 5.41) is 2.04. The highest BCUT2D eigenvalue weighted by Gasteiger charge is 2.32. The largest absolute Gasteiger partial charge is 0.396 e. The molecule has 0 aromatic heterocycles. The molecule has 0 bridgehead atoms. The van der Waals surface area contributed by atoms with E-state index in [1.54, 1.807) is 48.5 Å². The molecule has 0 unspecified atom stereocenters. The molecule has 0 saturated carbocycles. The monoisotopic (exact) mass is 666 g/mol. The standard InChI is InChI=1S/C26H18Cl8N4/c27-13-1-9(2-14(28)23(13)35)21(10-3-15(29)24(36)16(30)4-10)22(11-5-17(31)25(37)18(32)6-11)12-7-19(33)26(38)20(34)8-12/h1-8,21-22H,35-38H2. The summed E-state index contributed by atoms with van der Waals surface area (Å²) >= 11 is 51.8. The molecule has 4 rings (SSSR count). The third kappa shape index (κ3) is 5.65. The highest BCUT2D eigenvalue weighted by Crippen LogP contribution is 2.49. The van der Waals surface area contributed by atoms with E-state index in [0.29, 0.717) is 22.3 Å². The Morgan fingerprint density at radius 2 is 0.447 bits per heavy atom. The Hall–Kier alpha value is -1.60. The lowest BCUT2D eigenvalue weighted by atomic mass is 9.73. The Kier molecular flexibility index (Phi) is 8.88. The van der Waals surface area contributed by atoms with Gasteiger partial charge < -0.3 is 22.9 Å². The van der Waals surface area contributed by atoms with Gasteiger partial charge in [0.05, 0.1) is 62.9 Å². The zero-order valence-electron chi connectivity index (χ0n) is 19.1. The lowest BCUT2D eigenvalue weighted by Crippen LogP contribution is -2.16. The van der Waals surface area contributed by atoms with Gasteiger partial charge in [0.2, 0.25) is 0 Å². The second kappa shape index (κ2) is 11.5. The Bertz CT molecular complexity index is 1250. The first-order valence-electron chi connectivity index (χ1n) is 10.8. The molecule has 4 nitrogen and oxygen atoms in total. The minimum atomic E-state index is -0.562. The maximum atomic E-state index is 6.48. The van der Waals surface area contributed by atoms with Crippen LogP contribution in [-0.2, 0) is 0 Å². The molecule has 4 aromatic carbocycles. The van der Waals surface area contributed by atoms with E-state index in [9.17, 15) is 0 Å². The molecule has 4 aromatic rings. The summed E-state index contributed by atoms with van der Waals surface area (Å²) in [6.45, 7) is 0. The third-order valence-electron chi connectivity index (χ3n) is 6.18. The van der Waals surface area contributed by atoms with Gasteiger partial charge in [0, 0.05) is 11.8 Å². The number of nitrogens with two attached hydrogens (primary N) is 4. The van der Waals surface area contributed by atoms with Crippen LogP contribution in [0.3, 0.4) is 0 Å². The van der Waals surface area contributed by atoms with E-state index in [0.717, 1.165) is 0 Å². The van der Waals surface area contributed by atoms with Gasteiger partial charge in [0.25, 0.3) is 0 Å². The van der Waals surface area contributed by atoms with E-state index in [2.05, 4.69) is 0 Å². The van der Waals surface area contributed by atoms with Crippen LogP contribution in [0.25, 0.3) is 0 Å². The molecule has 0 aliphatic carbocycles. The maximum absolute atomic E-state index is 6.48. The zero-order valence-corrected chi connectivity index (χ0v) is 25.2. The summed E-state index contributed by atoms with van der Waals surface area (Å²) in [5.41, 5.74) is 27.8. The van der Waals surface area contributed by atoms with Crippen LogP contribution in [0.5, 0.6) is 0 Å². The van der Waals surface area contributed by atoms with Crippen molar-refractivity contribution in [3.05, 3.63) is 111 Å². The van der Waals surface area contributed by atoms with E-state index in [1.807, 2.05) is 0 Å². The van der Waals surface area contributed by atoms with Crippen LogP contribution in [0.1, 0.15) is 34.1 Å². The minimum absolute atomic E-state index is 0.234. The van der Waals surface area contributed by atoms with E-state index in [1.165, 1.54) is 0 Å². The van der Waals surface area contributed by atoms with Crippen LogP contribution in [0.15, 0.2) is 48.5 Å². The molecule has 198 valence electrons. The molecular formula is C26H18Cl8N4. The summed E-state index contributed by atoms with van der Waals surface area (Å²) < 4.78 is 0. The summed E-state index contributed by atoms with van der Waals surface area (Å²) in [7, 11) is 0. The number of hydrogen-bond donors (Lipinski definition) is 4. The molecule has 0 amide bonds. The van der Waals surface area contributed by atoms with E-state index >= 15 is 0 Å². The summed E-state index contributed by atoms with van der Waals surface area (Å²) in [5.74, 6) is -1.12. The number of nitrogen functional groups attached to an aromatic ring is 4. The van der Waals surface area contributed by atoms with Crippen LogP contribution in [0.2, 0.25) is 40.2 Å². The van der Waals surface area contributed by atoms with Crippen molar-refractivity contribution < 1.29 is 0 Å². The molecule has 12 heteroatoms. The lowest BCUT2D eigenvalue weighted by Gasteiger charge is -2.31. The number of halogens is 8. The van der Waals surface area contributed by atoms with E-state index < -0.39 is 11.8 Å². The van der Waals surface area contributed by atoms with Gasteiger partial charge in [0.15, 0.2) is 0 Å². The molecule has 0 heterocycles. The fourth-order valence-electron chi connectivity index (χ4n) is 4.29. The van der Waals surface area contributed by atoms with Crippen molar-refractivity contribution in [1.29, 1.82) is 0 Å². The van der Waals surface area contributed by atoms with Crippen molar-refractivity contribution in [3.8, 4) is 0 Å². The van der Waals surface area contributed by atoms with Crippen molar-refractivity contribution in [2.75, 3.05) is 22.9 Å². The van der Waals surface area contributed by atoms with Gasteiger partial charge in [-0.05, 0) is 70.8 Å². The first kappa shape index (κ1) is 29.4. The van der Waals surface area contributed by atoms with Crippen LogP contribution in [0, 0.1) is 0 Å². The summed E-state index contributed by atoms with van der Waals surface area (Å²) in [6, 6.07) is 13.7. The SMILES string of the molecule is Nc1c(Cl)cc(C(c2cc(Cl)c(N)c(Cl)c2)C(c2cc(Cl)c(N)c(Cl)c2)c2cc(Cl)c(N)c(Cl)c2)cc1Cl. The van der Waals surface area contributed by atoms with Gasteiger partial charge in [-0.3, -0.25) is 0 Å². The van der Waals surface area contributed by atoms with Crippen LogP contribution >= 0.6 is 92.8 Å². The molecule has 0 atom stereocenters. The van der Waals surface area contributed by atoms with Crippen molar-refractivity contribution >= 4 is 116 Å². The number of benzene rings is 4. The molecule has 0 saturated heterocycles. The van der Waals surface area contributed by atoms with Gasteiger partial charge in [-0.15, -0.1) is 0 Å². The summed E-state index contributed by atoms with van der Waals surface area (Å²) in [4.78, 5) is 0. The topological polar surface area (TPSA) is 104 Å². The molecule has 0 fully saturated rings. The average Bonchev–Trinajstić information content (AvgIpc) is 2.85. The molecule has 0 spiro atoms.